The van der Waals surface area contributed by atoms with Crippen molar-refractivity contribution >= 4 is 11.6 Å². The molecule has 1 amide bonds. The summed E-state index contributed by atoms with van der Waals surface area (Å²) in [5.41, 5.74) is 9.56. The first-order valence-electron chi connectivity index (χ1n) is 7.40. The van der Waals surface area contributed by atoms with Crippen molar-refractivity contribution in [1.82, 2.24) is 5.32 Å². The van der Waals surface area contributed by atoms with Crippen molar-refractivity contribution in [2.24, 2.45) is 0 Å². The van der Waals surface area contributed by atoms with E-state index in [0.29, 0.717) is 12.1 Å². The summed E-state index contributed by atoms with van der Waals surface area (Å²) in [5.74, 6) is -0.0199. The van der Waals surface area contributed by atoms with Gasteiger partial charge in [0.2, 0.25) is 0 Å². The number of nitrogens with two attached hydrogens (primary N) is 1. The Labute approximate surface area is 126 Å². The maximum Gasteiger partial charge on any atom is 0.251 e. The van der Waals surface area contributed by atoms with Crippen molar-refractivity contribution in [3.8, 4) is 0 Å². The van der Waals surface area contributed by atoms with Gasteiger partial charge in [0.05, 0.1) is 0 Å². The molecule has 0 fully saturated rings. The normalized spacial score (nSPS) is 10.3. The summed E-state index contributed by atoms with van der Waals surface area (Å²) in [6, 6.07) is 15.6. The van der Waals surface area contributed by atoms with Gasteiger partial charge in [-0.1, -0.05) is 37.6 Å². The van der Waals surface area contributed by atoms with E-state index < -0.39 is 0 Å². The molecule has 0 atom stereocenters. The molecule has 21 heavy (non-hydrogen) atoms. The molecular weight excluding hydrogens is 260 g/mol. The Morgan fingerprint density at radius 3 is 2.14 bits per heavy atom. The number of amides is 1. The molecular formula is C18H22N2O. The van der Waals surface area contributed by atoms with Gasteiger partial charge in [0.15, 0.2) is 0 Å². The van der Waals surface area contributed by atoms with Gasteiger partial charge in [0.25, 0.3) is 5.91 Å². The zero-order chi connectivity index (χ0) is 15.1. The summed E-state index contributed by atoms with van der Waals surface area (Å²) in [6.45, 7) is 2.78. The second-order valence-corrected chi connectivity index (χ2v) is 5.19. The number of benzene rings is 2. The fourth-order valence-electron chi connectivity index (χ4n) is 2.22. The van der Waals surface area contributed by atoms with Crippen molar-refractivity contribution in [3.05, 3.63) is 65.2 Å². The summed E-state index contributed by atoms with van der Waals surface area (Å²) >= 11 is 0. The second-order valence-electron chi connectivity index (χ2n) is 5.19. The Hall–Kier alpha value is -2.29. The van der Waals surface area contributed by atoms with Crippen LogP contribution in [-0.4, -0.2) is 12.5 Å². The van der Waals surface area contributed by atoms with Crippen molar-refractivity contribution in [1.29, 1.82) is 0 Å². The van der Waals surface area contributed by atoms with E-state index in [-0.39, 0.29) is 5.91 Å². The largest absolute Gasteiger partial charge is 0.399 e. The predicted octanol–water partition coefficient (Wildman–Crippen LogP) is 3.19. The van der Waals surface area contributed by atoms with Crippen LogP contribution in [0.2, 0.25) is 0 Å². The Bertz CT molecular complexity index is 573. The standard InChI is InChI=1S/C18H22N2O/c1-2-3-14-4-8-16(9-5-14)18(21)20-13-12-15-6-10-17(19)11-7-15/h4-11H,2-3,12-13,19H2,1H3,(H,20,21). The first-order valence-corrected chi connectivity index (χ1v) is 7.40. The van der Waals surface area contributed by atoms with E-state index in [1.54, 1.807) is 0 Å². The second kappa shape index (κ2) is 7.48. The topological polar surface area (TPSA) is 55.1 Å². The minimum Gasteiger partial charge on any atom is -0.399 e. The van der Waals surface area contributed by atoms with Crippen molar-refractivity contribution in [2.75, 3.05) is 12.3 Å². The van der Waals surface area contributed by atoms with E-state index >= 15 is 0 Å². The fourth-order valence-corrected chi connectivity index (χ4v) is 2.22. The quantitative estimate of drug-likeness (QED) is 0.799. The van der Waals surface area contributed by atoms with Crippen LogP contribution in [0.5, 0.6) is 0 Å². The van der Waals surface area contributed by atoms with Gasteiger partial charge in [-0.05, 0) is 48.2 Å². The third-order valence-corrected chi connectivity index (χ3v) is 3.43. The van der Waals surface area contributed by atoms with Crippen molar-refractivity contribution < 1.29 is 4.79 Å². The van der Waals surface area contributed by atoms with Crippen molar-refractivity contribution in [3.63, 3.8) is 0 Å². The monoisotopic (exact) mass is 282 g/mol. The molecule has 110 valence electrons. The average Bonchev–Trinajstić information content (AvgIpc) is 2.50. The third kappa shape index (κ3) is 4.63. The molecule has 0 radical (unpaired) electrons. The van der Waals surface area contributed by atoms with Gasteiger partial charge in [-0.25, -0.2) is 0 Å². The highest BCUT2D eigenvalue weighted by molar-refractivity contribution is 5.94. The lowest BCUT2D eigenvalue weighted by Gasteiger charge is -2.06. The summed E-state index contributed by atoms with van der Waals surface area (Å²) in [7, 11) is 0. The molecule has 2 aromatic rings. The number of rotatable bonds is 6. The molecule has 0 aliphatic heterocycles. The molecule has 3 N–H and O–H groups in total. The number of carbonyl (C=O) groups excluding carboxylic acids is 1. The molecule has 2 aromatic carbocycles. The van der Waals surface area contributed by atoms with E-state index in [1.807, 2.05) is 48.5 Å². The molecule has 3 heteroatoms. The minimum absolute atomic E-state index is 0.0199. The zero-order valence-electron chi connectivity index (χ0n) is 12.4. The molecule has 0 bridgehead atoms. The molecule has 0 spiro atoms. The molecule has 0 heterocycles. The average molecular weight is 282 g/mol. The van der Waals surface area contributed by atoms with E-state index in [2.05, 4.69) is 12.2 Å². The lowest BCUT2D eigenvalue weighted by molar-refractivity contribution is 0.0954. The van der Waals surface area contributed by atoms with Crippen molar-refractivity contribution in [2.45, 2.75) is 26.2 Å². The first-order chi connectivity index (χ1) is 10.2. The van der Waals surface area contributed by atoms with Gasteiger partial charge in [-0.15, -0.1) is 0 Å². The maximum absolute atomic E-state index is 12.0. The van der Waals surface area contributed by atoms with E-state index in [1.165, 1.54) is 11.1 Å². The van der Waals surface area contributed by atoms with Gasteiger partial charge >= 0.3 is 0 Å². The van der Waals surface area contributed by atoms with Crippen LogP contribution in [0.4, 0.5) is 5.69 Å². The third-order valence-electron chi connectivity index (χ3n) is 3.43. The molecule has 2 rings (SSSR count). The van der Waals surface area contributed by atoms with Gasteiger partial charge in [0.1, 0.15) is 0 Å². The Kier molecular flexibility index (Phi) is 5.38. The van der Waals surface area contributed by atoms with Gasteiger partial charge in [0, 0.05) is 17.8 Å². The fraction of sp³-hybridized carbons (Fsp3) is 0.278. The Balaban J connectivity index is 1.82. The van der Waals surface area contributed by atoms with Crippen LogP contribution < -0.4 is 11.1 Å². The number of aryl methyl sites for hydroxylation is 1. The van der Waals surface area contributed by atoms with Crippen LogP contribution in [0.25, 0.3) is 0 Å². The molecule has 0 saturated carbocycles. The molecule has 0 aromatic heterocycles. The summed E-state index contributed by atoms with van der Waals surface area (Å²) in [5, 5.41) is 2.94. The molecule has 0 unspecified atom stereocenters. The zero-order valence-corrected chi connectivity index (χ0v) is 12.4. The number of nitrogens with one attached hydrogen (secondary N) is 1. The maximum atomic E-state index is 12.0. The van der Waals surface area contributed by atoms with Crippen LogP contribution in [0.15, 0.2) is 48.5 Å². The SMILES string of the molecule is CCCc1ccc(C(=O)NCCc2ccc(N)cc2)cc1. The number of hydrogen-bond donors (Lipinski definition) is 2. The van der Waals surface area contributed by atoms with Crippen LogP contribution in [-0.2, 0) is 12.8 Å². The predicted molar refractivity (Wildman–Crippen MR) is 87.3 cm³/mol. The van der Waals surface area contributed by atoms with E-state index in [4.69, 9.17) is 5.73 Å². The Morgan fingerprint density at radius 1 is 0.952 bits per heavy atom. The highest BCUT2D eigenvalue weighted by Gasteiger charge is 2.04. The highest BCUT2D eigenvalue weighted by atomic mass is 16.1. The summed E-state index contributed by atoms with van der Waals surface area (Å²) in [6.07, 6.45) is 2.98. The lowest BCUT2D eigenvalue weighted by atomic mass is 10.1. The molecule has 0 aliphatic carbocycles. The number of hydrogen-bond acceptors (Lipinski definition) is 2. The van der Waals surface area contributed by atoms with Crippen LogP contribution >= 0.6 is 0 Å². The van der Waals surface area contributed by atoms with E-state index in [9.17, 15) is 4.79 Å². The van der Waals surface area contributed by atoms with E-state index in [0.717, 1.165) is 24.9 Å². The van der Waals surface area contributed by atoms with Crippen LogP contribution in [0.1, 0.15) is 34.8 Å². The lowest BCUT2D eigenvalue weighted by Crippen LogP contribution is -2.25. The smallest absolute Gasteiger partial charge is 0.251 e. The molecule has 0 aliphatic rings. The Morgan fingerprint density at radius 2 is 1.52 bits per heavy atom. The highest BCUT2D eigenvalue weighted by Crippen LogP contribution is 2.08. The number of anilines is 1. The minimum atomic E-state index is -0.0199. The van der Waals surface area contributed by atoms with Gasteiger partial charge < -0.3 is 11.1 Å². The number of nitrogen functional groups attached to an aromatic ring is 1. The van der Waals surface area contributed by atoms with Crippen LogP contribution in [0, 0.1) is 0 Å². The van der Waals surface area contributed by atoms with Crippen LogP contribution in [0.3, 0.4) is 0 Å². The summed E-state index contributed by atoms with van der Waals surface area (Å²) < 4.78 is 0. The first kappa shape index (κ1) is 15.1. The summed E-state index contributed by atoms with van der Waals surface area (Å²) in [4.78, 5) is 12.0. The van der Waals surface area contributed by atoms with Gasteiger partial charge in [-0.3, -0.25) is 4.79 Å². The number of carbonyl (C=O) groups is 1. The molecule has 0 saturated heterocycles. The van der Waals surface area contributed by atoms with Gasteiger partial charge in [-0.2, -0.15) is 0 Å². The molecule has 3 nitrogen and oxygen atoms in total.